The highest BCUT2D eigenvalue weighted by Gasteiger charge is 2.06. The van der Waals surface area contributed by atoms with E-state index in [1.165, 1.54) is 7.11 Å². The lowest BCUT2D eigenvalue weighted by molar-refractivity contribution is -0.136. The second-order valence-corrected chi connectivity index (χ2v) is 2.78. The van der Waals surface area contributed by atoms with Crippen LogP contribution in [-0.2, 0) is 9.53 Å². The number of methoxy groups -OCH3 is 1. The molecule has 1 aromatic carbocycles. The molecular weight excluding hydrogens is 178 g/mol. The van der Waals surface area contributed by atoms with Crippen LogP contribution in [0.1, 0.15) is 5.56 Å². The van der Waals surface area contributed by atoms with Gasteiger partial charge in [0.05, 0.1) is 12.7 Å². The highest BCUT2D eigenvalue weighted by molar-refractivity contribution is 5.94. The van der Waals surface area contributed by atoms with Crippen molar-refractivity contribution in [1.82, 2.24) is 0 Å². The van der Waals surface area contributed by atoms with Gasteiger partial charge in [-0.1, -0.05) is 30.3 Å². The molecule has 14 heavy (non-hydrogen) atoms. The molecule has 0 aliphatic carbocycles. The largest absolute Gasteiger partial charge is 0.466 e. The minimum Gasteiger partial charge on any atom is -0.466 e. The molecule has 2 N–H and O–H groups in total. The second-order valence-electron chi connectivity index (χ2n) is 2.78. The van der Waals surface area contributed by atoms with E-state index < -0.39 is 0 Å². The Balaban J connectivity index is 2.89. The summed E-state index contributed by atoms with van der Waals surface area (Å²) in [6.45, 7) is 0.182. The molecule has 1 rings (SSSR count). The monoisotopic (exact) mass is 191 g/mol. The van der Waals surface area contributed by atoms with Crippen molar-refractivity contribution in [1.29, 1.82) is 0 Å². The molecule has 0 radical (unpaired) electrons. The van der Waals surface area contributed by atoms with Crippen molar-refractivity contribution in [3.05, 3.63) is 41.5 Å². The molecule has 0 saturated carbocycles. The Morgan fingerprint density at radius 2 is 2.07 bits per heavy atom. The molecule has 74 valence electrons. The standard InChI is InChI=1S/C11H13NO2/c1-14-11(13)10(8-12)7-9-5-3-2-4-6-9/h2-7H,8,12H2,1H3/b10-7-. The first-order valence-electron chi connectivity index (χ1n) is 4.32. The van der Waals surface area contributed by atoms with Gasteiger partial charge in [-0.05, 0) is 11.6 Å². The first kappa shape index (κ1) is 10.5. The van der Waals surface area contributed by atoms with Crippen molar-refractivity contribution in [2.45, 2.75) is 0 Å². The summed E-state index contributed by atoms with van der Waals surface area (Å²) < 4.78 is 4.59. The average Bonchev–Trinajstić information content (AvgIpc) is 2.26. The summed E-state index contributed by atoms with van der Waals surface area (Å²) in [5.41, 5.74) is 6.84. The Kier molecular flexibility index (Phi) is 3.88. The summed E-state index contributed by atoms with van der Waals surface area (Å²) in [5.74, 6) is -0.378. The van der Waals surface area contributed by atoms with Crippen molar-refractivity contribution in [3.63, 3.8) is 0 Å². The zero-order valence-corrected chi connectivity index (χ0v) is 8.07. The summed E-state index contributed by atoms with van der Waals surface area (Å²) in [6.07, 6.45) is 1.73. The van der Waals surface area contributed by atoms with Crippen LogP contribution < -0.4 is 5.73 Å². The third kappa shape index (κ3) is 2.71. The van der Waals surface area contributed by atoms with Crippen molar-refractivity contribution in [2.75, 3.05) is 13.7 Å². The van der Waals surface area contributed by atoms with Crippen LogP contribution in [0.2, 0.25) is 0 Å². The van der Waals surface area contributed by atoms with E-state index in [9.17, 15) is 4.79 Å². The fourth-order valence-electron chi connectivity index (χ4n) is 1.08. The fraction of sp³-hybridized carbons (Fsp3) is 0.182. The van der Waals surface area contributed by atoms with E-state index in [4.69, 9.17) is 5.73 Å². The molecular formula is C11H13NO2. The number of carbonyl (C=O) groups excluding carboxylic acids is 1. The maximum atomic E-state index is 11.2. The van der Waals surface area contributed by atoms with Crippen LogP contribution in [0, 0.1) is 0 Å². The lowest BCUT2D eigenvalue weighted by atomic mass is 10.1. The Hall–Kier alpha value is -1.61. The number of benzene rings is 1. The topological polar surface area (TPSA) is 52.3 Å². The summed E-state index contributed by atoms with van der Waals surface area (Å²) in [4.78, 5) is 11.2. The zero-order valence-electron chi connectivity index (χ0n) is 8.07. The summed E-state index contributed by atoms with van der Waals surface area (Å²) in [5, 5.41) is 0. The van der Waals surface area contributed by atoms with Gasteiger partial charge in [0.25, 0.3) is 0 Å². The first-order valence-corrected chi connectivity index (χ1v) is 4.32. The van der Waals surface area contributed by atoms with E-state index in [1.807, 2.05) is 30.3 Å². The Morgan fingerprint density at radius 3 is 2.57 bits per heavy atom. The Labute approximate surface area is 83.2 Å². The molecule has 0 heterocycles. The molecule has 3 heteroatoms. The maximum absolute atomic E-state index is 11.2. The van der Waals surface area contributed by atoms with E-state index >= 15 is 0 Å². The normalized spacial score (nSPS) is 11.1. The van der Waals surface area contributed by atoms with Gasteiger partial charge in [0, 0.05) is 6.54 Å². The maximum Gasteiger partial charge on any atom is 0.335 e. The van der Waals surface area contributed by atoms with Gasteiger partial charge in [0.1, 0.15) is 0 Å². The smallest absolute Gasteiger partial charge is 0.335 e. The van der Waals surface area contributed by atoms with Crippen molar-refractivity contribution < 1.29 is 9.53 Å². The van der Waals surface area contributed by atoms with Gasteiger partial charge in [-0.2, -0.15) is 0 Å². The molecule has 0 aliphatic heterocycles. The van der Waals surface area contributed by atoms with Gasteiger partial charge < -0.3 is 10.5 Å². The van der Waals surface area contributed by atoms with E-state index in [2.05, 4.69) is 4.74 Å². The highest BCUT2D eigenvalue weighted by Crippen LogP contribution is 2.06. The number of carbonyl (C=O) groups is 1. The average molecular weight is 191 g/mol. The van der Waals surface area contributed by atoms with Gasteiger partial charge in [-0.25, -0.2) is 4.79 Å². The summed E-state index contributed by atoms with van der Waals surface area (Å²) in [6, 6.07) is 9.52. The van der Waals surface area contributed by atoms with E-state index in [-0.39, 0.29) is 12.5 Å². The fourth-order valence-corrected chi connectivity index (χ4v) is 1.08. The number of nitrogens with two attached hydrogens (primary N) is 1. The molecule has 0 atom stereocenters. The molecule has 3 nitrogen and oxygen atoms in total. The molecule has 0 spiro atoms. The minimum atomic E-state index is -0.378. The number of ether oxygens (including phenoxy) is 1. The zero-order chi connectivity index (χ0) is 10.4. The van der Waals surface area contributed by atoms with Crippen LogP contribution in [0.25, 0.3) is 6.08 Å². The van der Waals surface area contributed by atoms with Gasteiger partial charge >= 0.3 is 5.97 Å². The predicted octanol–water partition coefficient (Wildman–Crippen LogP) is 1.20. The number of rotatable bonds is 3. The first-order chi connectivity index (χ1) is 6.77. The summed E-state index contributed by atoms with van der Waals surface area (Å²) in [7, 11) is 1.34. The van der Waals surface area contributed by atoms with Crippen molar-refractivity contribution in [2.24, 2.45) is 5.73 Å². The van der Waals surface area contributed by atoms with Gasteiger partial charge in [-0.3, -0.25) is 0 Å². The van der Waals surface area contributed by atoms with Gasteiger partial charge in [0.15, 0.2) is 0 Å². The van der Waals surface area contributed by atoms with E-state index in [0.717, 1.165) is 5.56 Å². The molecule has 0 saturated heterocycles. The minimum absolute atomic E-state index is 0.182. The van der Waals surface area contributed by atoms with Gasteiger partial charge in [0.2, 0.25) is 0 Å². The van der Waals surface area contributed by atoms with Crippen molar-refractivity contribution >= 4 is 12.0 Å². The van der Waals surface area contributed by atoms with Gasteiger partial charge in [-0.15, -0.1) is 0 Å². The van der Waals surface area contributed by atoms with E-state index in [0.29, 0.717) is 5.57 Å². The van der Waals surface area contributed by atoms with Crippen molar-refractivity contribution in [3.8, 4) is 0 Å². The molecule has 0 aromatic heterocycles. The molecule has 0 unspecified atom stereocenters. The van der Waals surface area contributed by atoms with Crippen LogP contribution in [-0.4, -0.2) is 19.6 Å². The Bertz CT molecular complexity index is 330. The predicted molar refractivity (Wildman–Crippen MR) is 55.5 cm³/mol. The van der Waals surface area contributed by atoms with E-state index in [1.54, 1.807) is 6.08 Å². The van der Waals surface area contributed by atoms with Crippen LogP contribution in [0.15, 0.2) is 35.9 Å². The van der Waals surface area contributed by atoms with Crippen LogP contribution in [0.3, 0.4) is 0 Å². The SMILES string of the molecule is COC(=O)/C(=C\c1ccccc1)CN. The van der Waals surface area contributed by atoms with Crippen LogP contribution in [0.5, 0.6) is 0 Å². The molecule has 0 aliphatic rings. The number of esters is 1. The lowest BCUT2D eigenvalue weighted by Gasteiger charge is -2.01. The quantitative estimate of drug-likeness (QED) is 0.577. The third-order valence-electron chi connectivity index (χ3n) is 1.81. The molecule has 1 aromatic rings. The Morgan fingerprint density at radius 1 is 1.43 bits per heavy atom. The molecule has 0 amide bonds. The molecule has 0 fully saturated rings. The second kappa shape index (κ2) is 5.19. The van der Waals surface area contributed by atoms with Crippen LogP contribution in [0.4, 0.5) is 0 Å². The lowest BCUT2D eigenvalue weighted by Crippen LogP contribution is -2.13. The highest BCUT2D eigenvalue weighted by atomic mass is 16.5. The summed E-state index contributed by atoms with van der Waals surface area (Å²) >= 11 is 0. The van der Waals surface area contributed by atoms with Crippen LogP contribution >= 0.6 is 0 Å². The number of hydrogen-bond acceptors (Lipinski definition) is 3. The number of hydrogen-bond donors (Lipinski definition) is 1. The third-order valence-corrected chi connectivity index (χ3v) is 1.81. The molecule has 0 bridgehead atoms.